The predicted molar refractivity (Wildman–Crippen MR) is 106 cm³/mol. The summed E-state index contributed by atoms with van der Waals surface area (Å²) in [5.74, 6) is 1.82. The fraction of sp³-hybridized carbons (Fsp3) is 0.524. The highest BCUT2D eigenvalue weighted by atomic mass is 15.3. The molecule has 1 unspecified atom stereocenters. The Hall–Kier alpha value is -2.68. The number of nitrogens with zero attached hydrogens (tertiary/aromatic N) is 6. The fourth-order valence-corrected chi connectivity index (χ4v) is 4.23. The Kier molecular flexibility index (Phi) is 4.93. The van der Waals surface area contributed by atoms with Gasteiger partial charge in [0.25, 0.3) is 0 Å². The molecule has 0 radical (unpaired) electrons. The fourth-order valence-electron chi connectivity index (χ4n) is 4.23. The van der Waals surface area contributed by atoms with Crippen LogP contribution >= 0.6 is 0 Å². The van der Waals surface area contributed by atoms with E-state index in [-0.39, 0.29) is 0 Å². The van der Waals surface area contributed by atoms with E-state index < -0.39 is 0 Å². The maximum Gasteiger partial charge on any atom is 0.146 e. The van der Waals surface area contributed by atoms with Gasteiger partial charge in [0.2, 0.25) is 0 Å². The minimum absolute atomic E-state index is 0.345. The van der Waals surface area contributed by atoms with Crippen LogP contribution in [0.5, 0.6) is 0 Å². The van der Waals surface area contributed by atoms with Crippen LogP contribution in [0, 0.1) is 18.3 Å². The summed E-state index contributed by atoms with van der Waals surface area (Å²) in [5.41, 5.74) is 4.15. The Morgan fingerprint density at radius 2 is 2.04 bits per heavy atom. The first-order chi connectivity index (χ1) is 13.2. The molecule has 4 rings (SSSR count). The molecule has 3 heterocycles. The summed E-state index contributed by atoms with van der Waals surface area (Å²) >= 11 is 0. The first kappa shape index (κ1) is 17.7. The number of nitriles is 1. The normalized spacial score (nSPS) is 19.3. The quantitative estimate of drug-likeness (QED) is 0.836. The number of anilines is 2. The van der Waals surface area contributed by atoms with Crippen molar-refractivity contribution in [1.82, 2.24) is 15.0 Å². The number of aromatic nitrogens is 3. The molecule has 27 heavy (non-hydrogen) atoms. The average molecular weight is 362 g/mol. The molecule has 140 valence electrons. The predicted octanol–water partition coefficient (Wildman–Crippen LogP) is 3.04. The van der Waals surface area contributed by atoms with Gasteiger partial charge in [0.05, 0.1) is 5.56 Å². The number of fused-ring (bicyclic) bond motifs is 1. The third-order valence-corrected chi connectivity index (χ3v) is 5.80. The Bertz CT molecular complexity index is 871. The van der Waals surface area contributed by atoms with Crippen LogP contribution in [0.1, 0.15) is 48.2 Å². The van der Waals surface area contributed by atoms with E-state index in [1.54, 1.807) is 6.33 Å². The van der Waals surface area contributed by atoms with Crippen molar-refractivity contribution >= 4 is 11.6 Å². The van der Waals surface area contributed by atoms with Gasteiger partial charge in [-0.1, -0.05) is 0 Å². The highest BCUT2D eigenvalue weighted by Gasteiger charge is 2.27. The number of likely N-dealkylation sites (N-methyl/N-ethyl adjacent to an activating group) is 1. The number of pyridine rings is 1. The summed E-state index contributed by atoms with van der Waals surface area (Å²) in [6, 6.07) is 6.84. The zero-order chi connectivity index (χ0) is 18.8. The number of rotatable bonds is 3. The maximum absolute atomic E-state index is 9.69. The molecule has 1 atom stereocenters. The first-order valence-electron chi connectivity index (χ1n) is 9.85. The second-order valence-corrected chi connectivity index (χ2v) is 7.65. The summed E-state index contributed by atoms with van der Waals surface area (Å²) in [4.78, 5) is 18.1. The van der Waals surface area contributed by atoms with E-state index >= 15 is 0 Å². The molecular weight excluding hydrogens is 336 g/mol. The molecule has 6 heteroatoms. The highest BCUT2D eigenvalue weighted by molar-refractivity contribution is 5.57. The summed E-state index contributed by atoms with van der Waals surface area (Å²) in [7, 11) is 2.10. The van der Waals surface area contributed by atoms with E-state index in [4.69, 9.17) is 4.98 Å². The van der Waals surface area contributed by atoms with E-state index in [2.05, 4.69) is 39.0 Å². The van der Waals surface area contributed by atoms with E-state index in [1.807, 2.05) is 13.0 Å². The lowest BCUT2D eigenvalue weighted by atomic mass is 9.94. The molecule has 0 bridgehead atoms. The van der Waals surface area contributed by atoms with E-state index in [0.29, 0.717) is 6.04 Å². The average Bonchev–Trinajstić information content (AvgIpc) is 2.72. The summed E-state index contributed by atoms with van der Waals surface area (Å²) in [5, 5.41) is 9.69. The molecule has 1 aliphatic heterocycles. The van der Waals surface area contributed by atoms with Crippen LogP contribution in [0.25, 0.3) is 0 Å². The lowest BCUT2D eigenvalue weighted by Gasteiger charge is -2.39. The van der Waals surface area contributed by atoms with Crippen molar-refractivity contribution in [2.75, 3.05) is 29.9 Å². The van der Waals surface area contributed by atoms with Gasteiger partial charge in [-0.2, -0.15) is 5.26 Å². The van der Waals surface area contributed by atoms with Gasteiger partial charge in [0.1, 0.15) is 24.0 Å². The van der Waals surface area contributed by atoms with Crippen molar-refractivity contribution in [3.05, 3.63) is 41.0 Å². The number of piperidine rings is 1. The Labute approximate surface area is 160 Å². The van der Waals surface area contributed by atoms with Crippen LogP contribution in [0.3, 0.4) is 0 Å². The van der Waals surface area contributed by atoms with Crippen molar-refractivity contribution in [3.63, 3.8) is 0 Å². The molecule has 2 aromatic rings. The number of hydrogen-bond donors (Lipinski definition) is 0. The molecular formula is C21H26N6. The van der Waals surface area contributed by atoms with Crippen LogP contribution in [0.4, 0.5) is 11.6 Å². The lowest BCUT2D eigenvalue weighted by molar-refractivity contribution is 0.482. The van der Waals surface area contributed by atoms with Crippen molar-refractivity contribution < 1.29 is 0 Å². The van der Waals surface area contributed by atoms with Crippen molar-refractivity contribution in [3.8, 4) is 6.07 Å². The zero-order valence-corrected chi connectivity index (χ0v) is 16.1. The third-order valence-electron chi connectivity index (χ3n) is 5.80. The number of hydrogen-bond acceptors (Lipinski definition) is 6. The van der Waals surface area contributed by atoms with Crippen molar-refractivity contribution in [2.24, 2.45) is 0 Å². The van der Waals surface area contributed by atoms with E-state index in [1.165, 1.54) is 24.1 Å². The van der Waals surface area contributed by atoms with Crippen LogP contribution < -0.4 is 9.80 Å². The Morgan fingerprint density at radius 1 is 1.19 bits per heavy atom. The molecule has 0 saturated carbocycles. The minimum Gasteiger partial charge on any atom is -0.355 e. The topological polar surface area (TPSA) is 68.9 Å². The molecule has 1 saturated heterocycles. The monoisotopic (exact) mass is 362 g/mol. The standard InChI is InChI=1S/C21H26N6/c1-15-10-20(24-14-23-15)26(2)18-7-5-9-27(13-18)21-17(12-22)11-16-6-3-4-8-19(16)25-21/h10-11,14,18H,3-9,13H2,1-2H3. The minimum atomic E-state index is 0.345. The van der Waals surface area contributed by atoms with Crippen LogP contribution in [-0.2, 0) is 12.8 Å². The molecule has 6 nitrogen and oxygen atoms in total. The first-order valence-corrected chi connectivity index (χ1v) is 9.85. The molecule has 1 aliphatic carbocycles. The lowest BCUT2D eigenvalue weighted by Crippen LogP contribution is -2.47. The summed E-state index contributed by atoms with van der Waals surface area (Å²) in [6.07, 6.45) is 8.31. The Balaban J connectivity index is 1.59. The van der Waals surface area contributed by atoms with Gasteiger partial charge in [-0.3, -0.25) is 0 Å². The molecule has 2 aliphatic rings. The molecule has 0 spiro atoms. The van der Waals surface area contributed by atoms with Gasteiger partial charge in [-0.25, -0.2) is 15.0 Å². The van der Waals surface area contributed by atoms with Gasteiger partial charge >= 0.3 is 0 Å². The van der Waals surface area contributed by atoms with E-state index in [9.17, 15) is 5.26 Å². The third kappa shape index (κ3) is 3.59. The van der Waals surface area contributed by atoms with Crippen LogP contribution in [-0.4, -0.2) is 41.1 Å². The zero-order valence-electron chi connectivity index (χ0n) is 16.1. The molecule has 2 aromatic heterocycles. The van der Waals surface area contributed by atoms with Crippen molar-refractivity contribution in [2.45, 2.75) is 51.5 Å². The molecule has 0 N–H and O–H groups in total. The Morgan fingerprint density at radius 3 is 2.85 bits per heavy atom. The van der Waals surface area contributed by atoms with Crippen LogP contribution in [0.15, 0.2) is 18.5 Å². The SMILES string of the molecule is Cc1cc(N(C)C2CCCN(c3nc4c(cc3C#N)CCCC4)C2)ncn1. The summed E-state index contributed by atoms with van der Waals surface area (Å²) < 4.78 is 0. The smallest absolute Gasteiger partial charge is 0.146 e. The van der Waals surface area contributed by atoms with Gasteiger partial charge in [-0.05, 0) is 57.1 Å². The maximum atomic E-state index is 9.69. The van der Waals surface area contributed by atoms with Gasteiger partial charge in [0, 0.05) is 43.6 Å². The molecule has 1 fully saturated rings. The highest BCUT2D eigenvalue weighted by Crippen LogP contribution is 2.29. The van der Waals surface area contributed by atoms with Gasteiger partial charge in [-0.15, -0.1) is 0 Å². The summed E-state index contributed by atoms with van der Waals surface area (Å²) in [6.45, 7) is 3.80. The number of aryl methyl sites for hydroxylation is 3. The van der Waals surface area contributed by atoms with Gasteiger partial charge in [0.15, 0.2) is 0 Å². The van der Waals surface area contributed by atoms with Crippen molar-refractivity contribution in [1.29, 1.82) is 5.26 Å². The van der Waals surface area contributed by atoms with E-state index in [0.717, 1.165) is 61.7 Å². The second-order valence-electron chi connectivity index (χ2n) is 7.65. The van der Waals surface area contributed by atoms with Gasteiger partial charge < -0.3 is 9.80 Å². The molecule has 0 amide bonds. The largest absolute Gasteiger partial charge is 0.355 e. The van der Waals surface area contributed by atoms with Crippen LogP contribution in [0.2, 0.25) is 0 Å². The second kappa shape index (κ2) is 7.51. The molecule has 0 aromatic carbocycles.